The summed E-state index contributed by atoms with van der Waals surface area (Å²) in [7, 11) is 0. The van der Waals surface area contributed by atoms with Crippen molar-refractivity contribution in [2.75, 3.05) is 11.1 Å². The molecule has 3 rings (SSSR count). The molecule has 1 amide bonds. The molecule has 3 aromatic rings. The Morgan fingerprint density at radius 1 is 1.18 bits per heavy atom. The van der Waals surface area contributed by atoms with Crippen molar-refractivity contribution in [3.05, 3.63) is 41.0 Å². The van der Waals surface area contributed by atoms with Crippen LogP contribution in [-0.2, 0) is 21.5 Å². The molecule has 0 aliphatic carbocycles. The molecule has 7 heteroatoms. The van der Waals surface area contributed by atoms with Crippen molar-refractivity contribution in [1.82, 2.24) is 14.8 Å². The Morgan fingerprint density at radius 2 is 1.89 bits per heavy atom. The quantitative estimate of drug-likeness (QED) is 0.603. The molecule has 0 atom stereocenters. The number of benzene rings is 1. The molecule has 0 unspecified atom stereocenters. The Labute approximate surface area is 174 Å². The Bertz CT molecular complexity index is 943. The van der Waals surface area contributed by atoms with E-state index in [0.29, 0.717) is 5.75 Å². The standard InChI is InChI=1S/C21H28N4OS2/c1-20(2,3)16-11-17(25(24-16)21(4,5)6)23-18(26)12-27-13-19-22-14-9-7-8-10-15(14)28-19/h7-11H,12-13H2,1-6H3,(H,23,26). The second kappa shape index (κ2) is 7.87. The third kappa shape index (κ3) is 4.94. The SMILES string of the molecule is CC(C)(C)c1cc(NC(=O)CSCc2nc3ccccc3s2)n(C(C)(C)C)n1. The molecular weight excluding hydrogens is 388 g/mol. The van der Waals surface area contributed by atoms with Crippen LogP contribution in [0.4, 0.5) is 5.82 Å². The van der Waals surface area contributed by atoms with E-state index in [4.69, 9.17) is 5.10 Å². The number of amides is 1. The number of para-hydroxylation sites is 1. The van der Waals surface area contributed by atoms with Crippen LogP contribution in [0.25, 0.3) is 10.2 Å². The van der Waals surface area contributed by atoms with Gasteiger partial charge in [-0.15, -0.1) is 23.1 Å². The highest BCUT2D eigenvalue weighted by atomic mass is 32.2. The zero-order valence-corrected chi connectivity index (χ0v) is 19.0. The third-order valence-electron chi connectivity index (χ3n) is 4.18. The van der Waals surface area contributed by atoms with Gasteiger partial charge in [-0.1, -0.05) is 32.9 Å². The number of nitrogens with zero attached hydrogens (tertiary/aromatic N) is 3. The smallest absolute Gasteiger partial charge is 0.235 e. The molecule has 0 saturated heterocycles. The number of aromatic nitrogens is 3. The van der Waals surface area contributed by atoms with Gasteiger partial charge in [0.2, 0.25) is 5.91 Å². The van der Waals surface area contributed by atoms with E-state index < -0.39 is 0 Å². The number of carbonyl (C=O) groups excluding carboxylic acids is 1. The van der Waals surface area contributed by atoms with Gasteiger partial charge in [0.1, 0.15) is 10.8 Å². The Kier molecular flexibility index (Phi) is 5.87. The Balaban J connectivity index is 1.63. The summed E-state index contributed by atoms with van der Waals surface area (Å²) in [5.74, 6) is 1.86. The van der Waals surface area contributed by atoms with E-state index in [2.05, 4.69) is 57.9 Å². The first kappa shape index (κ1) is 20.9. The van der Waals surface area contributed by atoms with Crippen LogP contribution >= 0.6 is 23.1 Å². The van der Waals surface area contributed by atoms with Gasteiger partial charge in [-0.25, -0.2) is 9.67 Å². The highest BCUT2D eigenvalue weighted by Gasteiger charge is 2.25. The van der Waals surface area contributed by atoms with Gasteiger partial charge in [0.05, 0.1) is 27.2 Å². The monoisotopic (exact) mass is 416 g/mol. The van der Waals surface area contributed by atoms with Crippen LogP contribution < -0.4 is 5.32 Å². The van der Waals surface area contributed by atoms with Gasteiger partial charge in [0, 0.05) is 17.2 Å². The maximum absolute atomic E-state index is 12.5. The van der Waals surface area contributed by atoms with Crippen molar-refractivity contribution >= 4 is 45.0 Å². The highest BCUT2D eigenvalue weighted by Crippen LogP contribution is 2.29. The lowest BCUT2D eigenvalue weighted by Crippen LogP contribution is -2.27. The fourth-order valence-electron chi connectivity index (χ4n) is 2.74. The minimum Gasteiger partial charge on any atom is -0.310 e. The van der Waals surface area contributed by atoms with Gasteiger partial charge < -0.3 is 5.32 Å². The number of thiazole rings is 1. The van der Waals surface area contributed by atoms with Crippen LogP contribution in [0.2, 0.25) is 0 Å². The molecule has 150 valence electrons. The molecule has 0 aliphatic rings. The molecule has 5 nitrogen and oxygen atoms in total. The average Bonchev–Trinajstić information content (AvgIpc) is 3.17. The van der Waals surface area contributed by atoms with Gasteiger partial charge in [0.25, 0.3) is 0 Å². The summed E-state index contributed by atoms with van der Waals surface area (Å²) >= 11 is 3.27. The predicted molar refractivity (Wildman–Crippen MR) is 120 cm³/mol. The van der Waals surface area contributed by atoms with E-state index in [1.165, 1.54) is 4.70 Å². The molecule has 0 aliphatic heterocycles. The van der Waals surface area contributed by atoms with Crippen molar-refractivity contribution < 1.29 is 4.79 Å². The molecule has 0 radical (unpaired) electrons. The van der Waals surface area contributed by atoms with Gasteiger partial charge in [-0.3, -0.25) is 4.79 Å². The number of thioether (sulfide) groups is 1. The second-order valence-electron chi connectivity index (χ2n) is 8.86. The second-order valence-corrected chi connectivity index (χ2v) is 11.0. The average molecular weight is 417 g/mol. The molecule has 28 heavy (non-hydrogen) atoms. The van der Waals surface area contributed by atoms with Crippen LogP contribution in [0.1, 0.15) is 52.2 Å². The zero-order valence-electron chi connectivity index (χ0n) is 17.4. The van der Waals surface area contributed by atoms with Gasteiger partial charge in [-0.2, -0.15) is 5.10 Å². The lowest BCUT2D eigenvalue weighted by atomic mass is 9.92. The van der Waals surface area contributed by atoms with Crippen LogP contribution in [0, 0.1) is 0 Å². The van der Waals surface area contributed by atoms with Crippen LogP contribution in [0.15, 0.2) is 30.3 Å². The molecule has 0 bridgehead atoms. The number of anilines is 1. The van der Waals surface area contributed by atoms with Gasteiger partial charge >= 0.3 is 0 Å². The van der Waals surface area contributed by atoms with Crippen LogP contribution in [-0.4, -0.2) is 26.4 Å². The molecule has 1 aromatic carbocycles. The summed E-state index contributed by atoms with van der Waals surface area (Å²) in [5.41, 5.74) is 1.72. The molecule has 2 heterocycles. The first-order chi connectivity index (χ1) is 13.0. The summed E-state index contributed by atoms with van der Waals surface area (Å²) in [6.45, 7) is 12.6. The van der Waals surface area contributed by atoms with Gasteiger partial charge in [0.15, 0.2) is 0 Å². The van der Waals surface area contributed by atoms with E-state index in [-0.39, 0.29) is 16.9 Å². The van der Waals surface area contributed by atoms with E-state index in [9.17, 15) is 4.79 Å². The molecule has 0 spiro atoms. The minimum atomic E-state index is -0.208. The topological polar surface area (TPSA) is 59.8 Å². The van der Waals surface area contributed by atoms with Crippen molar-refractivity contribution in [2.45, 2.75) is 58.2 Å². The van der Waals surface area contributed by atoms with Crippen LogP contribution in [0.5, 0.6) is 0 Å². The fraction of sp³-hybridized carbons (Fsp3) is 0.476. The fourth-order valence-corrected chi connectivity index (χ4v) is 4.59. The zero-order chi connectivity index (χ0) is 20.5. The summed E-state index contributed by atoms with van der Waals surface area (Å²) in [5, 5.41) is 8.84. The number of hydrogen-bond donors (Lipinski definition) is 1. The molecule has 2 aromatic heterocycles. The normalized spacial score (nSPS) is 12.5. The van der Waals surface area contributed by atoms with E-state index in [1.54, 1.807) is 23.1 Å². The first-order valence-corrected chi connectivity index (χ1v) is 11.3. The molecule has 0 saturated carbocycles. The maximum atomic E-state index is 12.5. The Hall–Kier alpha value is -1.86. The third-order valence-corrected chi connectivity index (χ3v) is 6.34. The lowest BCUT2D eigenvalue weighted by molar-refractivity contribution is -0.113. The number of nitrogens with one attached hydrogen (secondary N) is 1. The van der Waals surface area contributed by atoms with E-state index in [1.807, 2.05) is 28.9 Å². The van der Waals surface area contributed by atoms with Crippen molar-refractivity contribution in [3.8, 4) is 0 Å². The number of rotatable bonds is 5. The molecular formula is C21H28N4OS2. The lowest BCUT2D eigenvalue weighted by Gasteiger charge is -2.23. The predicted octanol–water partition coefficient (Wildman–Crippen LogP) is 5.42. The van der Waals surface area contributed by atoms with Crippen molar-refractivity contribution in [3.63, 3.8) is 0 Å². The minimum absolute atomic E-state index is 0.0167. The molecule has 0 fully saturated rings. The highest BCUT2D eigenvalue weighted by molar-refractivity contribution is 7.99. The summed E-state index contributed by atoms with van der Waals surface area (Å²) < 4.78 is 3.09. The van der Waals surface area contributed by atoms with Gasteiger partial charge in [-0.05, 0) is 32.9 Å². The summed E-state index contributed by atoms with van der Waals surface area (Å²) in [6, 6.07) is 10.1. The van der Waals surface area contributed by atoms with Crippen molar-refractivity contribution in [1.29, 1.82) is 0 Å². The van der Waals surface area contributed by atoms with E-state index in [0.717, 1.165) is 27.8 Å². The Morgan fingerprint density at radius 3 is 2.54 bits per heavy atom. The van der Waals surface area contributed by atoms with Crippen molar-refractivity contribution in [2.24, 2.45) is 0 Å². The largest absolute Gasteiger partial charge is 0.310 e. The maximum Gasteiger partial charge on any atom is 0.235 e. The first-order valence-electron chi connectivity index (χ1n) is 9.37. The van der Waals surface area contributed by atoms with E-state index >= 15 is 0 Å². The number of carbonyl (C=O) groups is 1. The number of fused-ring (bicyclic) bond motifs is 1. The number of hydrogen-bond acceptors (Lipinski definition) is 5. The summed E-state index contributed by atoms with van der Waals surface area (Å²) in [4.78, 5) is 17.1. The molecule has 1 N–H and O–H groups in total. The van der Waals surface area contributed by atoms with Crippen LogP contribution in [0.3, 0.4) is 0 Å². The summed E-state index contributed by atoms with van der Waals surface area (Å²) in [6.07, 6.45) is 0.